The highest BCUT2D eigenvalue weighted by atomic mass is 35.5. The van der Waals surface area contributed by atoms with Crippen molar-refractivity contribution in [1.29, 1.82) is 0 Å². The number of ether oxygens (including phenoxy) is 2. The Morgan fingerprint density at radius 1 is 0.969 bits per heavy atom. The Balaban J connectivity index is 1.46. The highest BCUT2D eigenvalue weighted by molar-refractivity contribution is 6.30. The number of halogens is 1. The first-order valence-electron chi connectivity index (χ1n) is 9.18. The van der Waals surface area contributed by atoms with Crippen molar-refractivity contribution >= 4 is 35.4 Å². The number of hydrogen-bond donors (Lipinski definition) is 1. The highest BCUT2D eigenvalue weighted by Crippen LogP contribution is 2.17. The van der Waals surface area contributed by atoms with Gasteiger partial charge in [-0.1, -0.05) is 11.6 Å². The molecule has 1 amide bonds. The van der Waals surface area contributed by atoms with Crippen LogP contribution >= 0.6 is 11.6 Å². The van der Waals surface area contributed by atoms with E-state index in [1.165, 1.54) is 30.5 Å². The van der Waals surface area contributed by atoms with Gasteiger partial charge in [0.1, 0.15) is 11.5 Å². The summed E-state index contributed by atoms with van der Waals surface area (Å²) in [7, 11) is 0. The van der Waals surface area contributed by atoms with Gasteiger partial charge in [0.2, 0.25) is 0 Å². The van der Waals surface area contributed by atoms with Crippen molar-refractivity contribution in [2.75, 3.05) is 6.61 Å². The number of nitro groups is 1. The van der Waals surface area contributed by atoms with Gasteiger partial charge >= 0.3 is 5.97 Å². The van der Waals surface area contributed by atoms with Gasteiger partial charge in [0, 0.05) is 17.2 Å². The largest absolute Gasteiger partial charge is 0.484 e. The van der Waals surface area contributed by atoms with Gasteiger partial charge in [-0.25, -0.2) is 10.2 Å². The van der Waals surface area contributed by atoms with E-state index in [1.807, 2.05) is 0 Å². The zero-order valence-electron chi connectivity index (χ0n) is 16.4. The van der Waals surface area contributed by atoms with Crippen LogP contribution in [0, 0.1) is 10.1 Å². The zero-order chi connectivity index (χ0) is 22.9. The minimum Gasteiger partial charge on any atom is -0.484 e. The van der Waals surface area contributed by atoms with Crippen molar-refractivity contribution in [3.05, 3.63) is 99.1 Å². The van der Waals surface area contributed by atoms with Crippen LogP contribution in [-0.4, -0.2) is 29.6 Å². The molecule has 0 unspecified atom stereocenters. The Labute approximate surface area is 187 Å². The molecule has 3 rings (SSSR count). The van der Waals surface area contributed by atoms with E-state index in [0.717, 1.165) is 0 Å². The molecule has 0 aromatic heterocycles. The number of hydrogen-bond acceptors (Lipinski definition) is 7. The topological polar surface area (TPSA) is 120 Å². The summed E-state index contributed by atoms with van der Waals surface area (Å²) in [4.78, 5) is 34.0. The molecule has 0 saturated heterocycles. The van der Waals surface area contributed by atoms with Gasteiger partial charge in [-0.15, -0.1) is 0 Å². The number of amides is 1. The van der Waals surface area contributed by atoms with Crippen molar-refractivity contribution < 1.29 is 24.0 Å². The van der Waals surface area contributed by atoms with E-state index in [4.69, 9.17) is 21.1 Å². The first kappa shape index (κ1) is 22.4. The Morgan fingerprint density at radius 3 is 2.22 bits per heavy atom. The van der Waals surface area contributed by atoms with E-state index in [0.29, 0.717) is 16.3 Å². The maximum absolute atomic E-state index is 12.1. The maximum Gasteiger partial charge on any atom is 0.343 e. The van der Waals surface area contributed by atoms with Gasteiger partial charge in [0.05, 0.1) is 16.7 Å². The summed E-state index contributed by atoms with van der Waals surface area (Å²) < 4.78 is 10.5. The molecule has 0 fully saturated rings. The lowest BCUT2D eigenvalue weighted by Crippen LogP contribution is -2.24. The second-order valence-corrected chi connectivity index (χ2v) is 6.73. The van der Waals surface area contributed by atoms with Crippen molar-refractivity contribution in [2.45, 2.75) is 0 Å². The fourth-order valence-corrected chi connectivity index (χ4v) is 2.52. The normalized spacial score (nSPS) is 10.5. The third-order valence-corrected chi connectivity index (χ3v) is 4.24. The Kier molecular flexibility index (Phi) is 7.50. The molecule has 0 aliphatic carbocycles. The van der Waals surface area contributed by atoms with Crippen LogP contribution in [0.4, 0.5) is 5.69 Å². The van der Waals surface area contributed by atoms with E-state index >= 15 is 0 Å². The van der Waals surface area contributed by atoms with E-state index in [1.54, 1.807) is 48.5 Å². The number of carbonyl (C=O) groups excluding carboxylic acids is 2. The van der Waals surface area contributed by atoms with Gasteiger partial charge < -0.3 is 9.47 Å². The lowest BCUT2D eigenvalue weighted by atomic mass is 10.2. The number of hydrazone groups is 1. The highest BCUT2D eigenvalue weighted by Gasteiger charge is 2.11. The average Bonchev–Trinajstić information content (AvgIpc) is 2.80. The molecule has 0 bridgehead atoms. The quantitative estimate of drug-likeness (QED) is 0.181. The molecular formula is C22H16ClN3O6. The summed E-state index contributed by atoms with van der Waals surface area (Å²) in [5.41, 5.74) is 3.06. The van der Waals surface area contributed by atoms with Gasteiger partial charge in [-0.2, -0.15) is 5.10 Å². The number of carbonyl (C=O) groups is 2. The first-order valence-corrected chi connectivity index (χ1v) is 9.55. The monoisotopic (exact) mass is 453 g/mol. The van der Waals surface area contributed by atoms with Crippen molar-refractivity contribution in [2.24, 2.45) is 5.10 Å². The number of nitrogens with one attached hydrogen (secondary N) is 1. The number of benzene rings is 3. The number of nitrogens with zero attached hydrogens (tertiary/aromatic N) is 2. The molecule has 3 aromatic rings. The van der Waals surface area contributed by atoms with Crippen LogP contribution in [0.25, 0.3) is 0 Å². The van der Waals surface area contributed by atoms with Crippen LogP contribution in [0.3, 0.4) is 0 Å². The molecule has 0 spiro atoms. The molecule has 0 aliphatic heterocycles. The maximum atomic E-state index is 12.1. The minimum absolute atomic E-state index is 0.117. The van der Waals surface area contributed by atoms with Crippen LogP contribution in [0.15, 0.2) is 77.9 Å². The number of non-ortho nitro benzene ring substituents is 1. The lowest BCUT2D eigenvalue weighted by Gasteiger charge is -2.05. The molecule has 162 valence electrons. The molecule has 3 aromatic carbocycles. The molecule has 0 radical (unpaired) electrons. The molecule has 10 heteroatoms. The molecule has 0 heterocycles. The van der Waals surface area contributed by atoms with E-state index in [9.17, 15) is 19.7 Å². The van der Waals surface area contributed by atoms with Gasteiger partial charge in [-0.05, 0) is 66.2 Å². The number of esters is 1. The molecule has 9 nitrogen and oxygen atoms in total. The van der Waals surface area contributed by atoms with Crippen LogP contribution in [0.5, 0.6) is 11.5 Å². The minimum atomic E-state index is -0.644. The number of nitro benzene ring substituents is 1. The smallest absolute Gasteiger partial charge is 0.343 e. The van der Waals surface area contributed by atoms with E-state index < -0.39 is 16.8 Å². The predicted octanol–water partition coefficient (Wildman–Crippen LogP) is 4.00. The summed E-state index contributed by atoms with van der Waals surface area (Å²) >= 11 is 5.78. The van der Waals surface area contributed by atoms with Crippen LogP contribution in [0.2, 0.25) is 5.02 Å². The second kappa shape index (κ2) is 10.7. The van der Waals surface area contributed by atoms with Gasteiger partial charge in [0.15, 0.2) is 6.61 Å². The molecule has 0 saturated carbocycles. The molecular weight excluding hydrogens is 438 g/mol. The van der Waals surface area contributed by atoms with Crippen LogP contribution < -0.4 is 14.9 Å². The van der Waals surface area contributed by atoms with Crippen LogP contribution in [-0.2, 0) is 4.79 Å². The summed E-state index contributed by atoms with van der Waals surface area (Å²) in [6.45, 7) is -0.212. The Morgan fingerprint density at radius 2 is 1.59 bits per heavy atom. The Bertz CT molecular complexity index is 1130. The third-order valence-electron chi connectivity index (χ3n) is 3.99. The zero-order valence-corrected chi connectivity index (χ0v) is 17.2. The second-order valence-electron chi connectivity index (χ2n) is 6.30. The molecule has 1 N–H and O–H groups in total. The standard InChI is InChI=1S/C22H16ClN3O6/c23-17-5-11-19(12-6-17)31-14-21(27)25-24-13-15-1-9-20(10-2-15)32-22(28)16-3-7-18(8-4-16)26(29)30/h1-13H,14H2,(H,25,27)/b24-13+. The Hall–Kier alpha value is -4.24. The summed E-state index contributed by atoms with van der Waals surface area (Å²) in [5, 5.41) is 15.1. The van der Waals surface area contributed by atoms with E-state index in [2.05, 4.69) is 10.5 Å². The molecule has 32 heavy (non-hydrogen) atoms. The van der Waals surface area contributed by atoms with Gasteiger partial charge in [-0.3, -0.25) is 14.9 Å². The SMILES string of the molecule is O=C(COc1ccc(Cl)cc1)N/N=C/c1ccc(OC(=O)c2ccc([N+](=O)[O-])cc2)cc1. The summed E-state index contributed by atoms with van der Waals surface area (Å²) in [6.07, 6.45) is 1.42. The van der Waals surface area contributed by atoms with Crippen molar-refractivity contribution in [1.82, 2.24) is 5.43 Å². The molecule has 0 atom stereocenters. The molecule has 0 aliphatic rings. The van der Waals surface area contributed by atoms with Crippen molar-refractivity contribution in [3.8, 4) is 11.5 Å². The fourth-order valence-electron chi connectivity index (χ4n) is 2.40. The summed E-state index contributed by atoms with van der Waals surface area (Å²) in [6, 6.07) is 18.1. The predicted molar refractivity (Wildman–Crippen MR) is 117 cm³/mol. The lowest BCUT2D eigenvalue weighted by molar-refractivity contribution is -0.384. The van der Waals surface area contributed by atoms with Gasteiger partial charge in [0.25, 0.3) is 11.6 Å². The average molecular weight is 454 g/mol. The first-order chi connectivity index (χ1) is 15.4. The van der Waals surface area contributed by atoms with E-state index in [-0.39, 0.29) is 23.6 Å². The van der Waals surface area contributed by atoms with Crippen molar-refractivity contribution in [3.63, 3.8) is 0 Å². The van der Waals surface area contributed by atoms with Crippen LogP contribution in [0.1, 0.15) is 15.9 Å². The number of rotatable bonds is 8. The third kappa shape index (κ3) is 6.64. The fraction of sp³-hybridized carbons (Fsp3) is 0.0455. The summed E-state index contributed by atoms with van der Waals surface area (Å²) in [5.74, 6) is -0.294.